The molecular weight excluding hydrogens is 391 g/mol. The number of carbonyl (C=O) groups is 1. The summed E-state index contributed by atoms with van der Waals surface area (Å²) in [4.78, 5) is 16.4. The highest BCUT2D eigenvalue weighted by Crippen LogP contribution is 2.09. The molecule has 0 bridgehead atoms. The molecule has 0 saturated heterocycles. The summed E-state index contributed by atoms with van der Waals surface area (Å²) in [5, 5.41) is 5.41. The smallest absolute Gasteiger partial charge is 0.269 e. The maximum absolute atomic E-state index is 12.0. The first-order valence-electron chi connectivity index (χ1n) is 6.25. The molecule has 1 aliphatic heterocycles. The highest BCUT2D eigenvalue weighted by atomic mass is 127. The molecule has 0 fully saturated rings. The molecule has 1 aromatic rings. The van der Waals surface area contributed by atoms with Crippen LogP contribution in [0.25, 0.3) is 0 Å². The van der Waals surface area contributed by atoms with Gasteiger partial charge in [0.2, 0.25) is 5.96 Å². The first-order valence-corrected chi connectivity index (χ1v) is 6.63. The maximum atomic E-state index is 12.0. The topological polar surface area (TPSA) is 56.7 Å². The summed E-state index contributed by atoms with van der Waals surface area (Å²) in [5.41, 5.74) is 3.33. The number of carbonyl (C=O) groups excluding carboxylic acids is 1. The number of rotatable bonds is 1. The van der Waals surface area contributed by atoms with Gasteiger partial charge in [-0.1, -0.05) is 11.6 Å². The van der Waals surface area contributed by atoms with Gasteiger partial charge >= 0.3 is 0 Å². The normalized spacial score (nSPS) is 14.2. The van der Waals surface area contributed by atoms with Crippen molar-refractivity contribution in [2.75, 3.05) is 20.1 Å². The summed E-state index contributed by atoms with van der Waals surface area (Å²) >= 11 is 5.79. The van der Waals surface area contributed by atoms with Crippen LogP contribution in [-0.4, -0.2) is 37.0 Å². The molecule has 0 spiro atoms. The number of hydrogen-bond acceptors (Lipinski definition) is 4. The Kier molecular flexibility index (Phi) is 7.08. The van der Waals surface area contributed by atoms with Crippen LogP contribution in [0.1, 0.15) is 23.2 Å². The number of aliphatic imine (C=N–C) groups is 1. The molecule has 7 heteroatoms. The second-order valence-corrected chi connectivity index (χ2v) is 4.78. The van der Waals surface area contributed by atoms with E-state index in [1.165, 1.54) is 0 Å². The lowest BCUT2D eigenvalue weighted by Crippen LogP contribution is -2.49. The Bertz CT molecular complexity index is 478. The Balaban J connectivity index is 0.00000200. The van der Waals surface area contributed by atoms with Crippen LogP contribution in [0.15, 0.2) is 29.3 Å². The molecule has 0 radical (unpaired) electrons. The van der Waals surface area contributed by atoms with Crippen molar-refractivity contribution in [1.29, 1.82) is 0 Å². The minimum atomic E-state index is -0.187. The van der Waals surface area contributed by atoms with Crippen LogP contribution in [0.5, 0.6) is 0 Å². The number of hydrazine groups is 1. The van der Waals surface area contributed by atoms with Crippen molar-refractivity contribution >= 4 is 47.4 Å². The van der Waals surface area contributed by atoms with Gasteiger partial charge in [-0.15, -0.1) is 24.0 Å². The number of nitrogens with one attached hydrogen (secondary N) is 2. The van der Waals surface area contributed by atoms with Crippen molar-refractivity contribution in [2.24, 2.45) is 4.99 Å². The lowest BCUT2D eigenvalue weighted by molar-refractivity contribution is 0.0884. The third-order valence-electron chi connectivity index (χ3n) is 2.82. The van der Waals surface area contributed by atoms with Crippen molar-refractivity contribution in [3.05, 3.63) is 34.9 Å². The van der Waals surface area contributed by atoms with E-state index in [2.05, 4.69) is 15.7 Å². The molecule has 1 aromatic carbocycles. The summed E-state index contributed by atoms with van der Waals surface area (Å²) in [6, 6.07) is 6.76. The Morgan fingerprint density at radius 3 is 2.75 bits per heavy atom. The van der Waals surface area contributed by atoms with Crippen molar-refractivity contribution in [3.8, 4) is 0 Å². The predicted octanol–water partition coefficient (Wildman–Crippen LogP) is 2.27. The van der Waals surface area contributed by atoms with E-state index in [0.717, 1.165) is 25.9 Å². The van der Waals surface area contributed by atoms with E-state index in [4.69, 9.17) is 11.6 Å². The second kappa shape index (κ2) is 8.31. The average molecular weight is 409 g/mol. The lowest BCUT2D eigenvalue weighted by atomic mass is 10.2. The fourth-order valence-electron chi connectivity index (χ4n) is 1.77. The number of nitrogens with zero attached hydrogens (tertiary/aromatic N) is 2. The van der Waals surface area contributed by atoms with Crippen LogP contribution in [0.3, 0.4) is 0 Å². The number of amides is 1. The second-order valence-electron chi connectivity index (χ2n) is 4.35. The fourth-order valence-corrected chi connectivity index (χ4v) is 1.90. The third-order valence-corrected chi connectivity index (χ3v) is 3.07. The molecule has 0 aliphatic carbocycles. The highest BCUT2D eigenvalue weighted by Gasteiger charge is 2.12. The van der Waals surface area contributed by atoms with Gasteiger partial charge in [-0.2, -0.15) is 0 Å². The molecule has 1 heterocycles. The molecule has 0 atom stereocenters. The molecule has 5 nitrogen and oxygen atoms in total. The molecule has 2 N–H and O–H groups in total. The first kappa shape index (κ1) is 17.0. The fraction of sp³-hybridized carbons (Fsp3) is 0.385. The number of hydrogen-bond donors (Lipinski definition) is 2. The van der Waals surface area contributed by atoms with Crippen LogP contribution in [0, 0.1) is 0 Å². The summed E-state index contributed by atoms with van der Waals surface area (Å²) in [6.45, 7) is 1.66. The summed E-state index contributed by atoms with van der Waals surface area (Å²) in [5.74, 6) is 0.507. The zero-order chi connectivity index (χ0) is 13.7. The molecule has 20 heavy (non-hydrogen) atoms. The van der Waals surface area contributed by atoms with Crippen LogP contribution in [0.4, 0.5) is 0 Å². The van der Waals surface area contributed by atoms with E-state index in [1.54, 1.807) is 36.3 Å². The summed E-state index contributed by atoms with van der Waals surface area (Å²) in [7, 11) is 1.77. The SMILES string of the molecule is CN(NC(=O)c1ccc(Cl)cc1)C1=NCCCCN1.I. The van der Waals surface area contributed by atoms with Crippen molar-refractivity contribution < 1.29 is 4.79 Å². The van der Waals surface area contributed by atoms with Gasteiger partial charge in [0.25, 0.3) is 5.91 Å². The van der Waals surface area contributed by atoms with E-state index in [0.29, 0.717) is 16.5 Å². The van der Waals surface area contributed by atoms with Crippen LogP contribution < -0.4 is 10.7 Å². The van der Waals surface area contributed by atoms with E-state index in [9.17, 15) is 4.79 Å². The zero-order valence-electron chi connectivity index (χ0n) is 11.2. The largest absolute Gasteiger partial charge is 0.355 e. The van der Waals surface area contributed by atoms with Gasteiger partial charge in [-0.3, -0.25) is 20.2 Å². The van der Waals surface area contributed by atoms with E-state index in [1.807, 2.05) is 0 Å². The maximum Gasteiger partial charge on any atom is 0.269 e. The molecule has 0 aromatic heterocycles. The Morgan fingerprint density at radius 2 is 2.05 bits per heavy atom. The Labute approximate surface area is 140 Å². The third kappa shape index (κ3) is 4.82. The van der Waals surface area contributed by atoms with Crippen molar-refractivity contribution in [1.82, 2.24) is 15.8 Å². The molecule has 1 amide bonds. The Morgan fingerprint density at radius 1 is 1.35 bits per heavy atom. The minimum Gasteiger partial charge on any atom is -0.355 e. The molecule has 0 saturated carbocycles. The van der Waals surface area contributed by atoms with E-state index in [-0.39, 0.29) is 29.9 Å². The summed E-state index contributed by atoms with van der Waals surface area (Å²) < 4.78 is 0. The van der Waals surface area contributed by atoms with Crippen molar-refractivity contribution in [2.45, 2.75) is 12.8 Å². The van der Waals surface area contributed by atoms with Gasteiger partial charge < -0.3 is 5.32 Å². The number of halogens is 2. The molecule has 2 rings (SSSR count). The van der Waals surface area contributed by atoms with E-state index < -0.39 is 0 Å². The average Bonchev–Trinajstić information content (AvgIpc) is 2.68. The predicted molar refractivity (Wildman–Crippen MR) is 91.6 cm³/mol. The van der Waals surface area contributed by atoms with Crippen LogP contribution in [0.2, 0.25) is 5.02 Å². The quantitative estimate of drug-likeness (QED) is 0.554. The molecule has 0 unspecified atom stereocenters. The van der Waals surface area contributed by atoms with Crippen LogP contribution in [-0.2, 0) is 0 Å². The van der Waals surface area contributed by atoms with E-state index >= 15 is 0 Å². The highest BCUT2D eigenvalue weighted by molar-refractivity contribution is 14.0. The first-order chi connectivity index (χ1) is 9.16. The van der Waals surface area contributed by atoms with Gasteiger partial charge in [-0.25, -0.2) is 0 Å². The number of benzene rings is 1. The van der Waals surface area contributed by atoms with Gasteiger partial charge in [0, 0.05) is 30.7 Å². The Hall–Kier alpha value is -1.02. The van der Waals surface area contributed by atoms with Gasteiger partial charge in [0.05, 0.1) is 0 Å². The van der Waals surface area contributed by atoms with Gasteiger partial charge in [0.15, 0.2) is 0 Å². The van der Waals surface area contributed by atoms with Crippen molar-refractivity contribution in [3.63, 3.8) is 0 Å². The number of guanidine groups is 1. The van der Waals surface area contributed by atoms with Gasteiger partial charge in [-0.05, 0) is 37.1 Å². The minimum absolute atomic E-state index is 0. The summed E-state index contributed by atoms with van der Waals surface area (Å²) in [6.07, 6.45) is 2.15. The molecule has 1 aliphatic rings. The molecular formula is C13H18ClIN4O. The standard InChI is InChI=1S/C13H17ClN4O.HI/c1-18(13-15-8-2-3-9-16-13)17-12(19)10-4-6-11(14)7-5-10;/h4-7H,2-3,8-9H2,1H3,(H,15,16)(H,17,19);1H. The molecule has 110 valence electrons. The van der Waals surface area contributed by atoms with Gasteiger partial charge in [0.1, 0.15) is 0 Å². The zero-order valence-corrected chi connectivity index (χ0v) is 14.3. The monoisotopic (exact) mass is 408 g/mol. The lowest BCUT2D eigenvalue weighted by Gasteiger charge is -2.22. The van der Waals surface area contributed by atoms with Crippen LogP contribution >= 0.6 is 35.6 Å².